The molecule has 0 aromatic heterocycles. The smallest absolute Gasteiger partial charge is 0.325 e. The molecule has 1 atom stereocenters. The number of hydrogen-bond donors (Lipinski definition) is 2. The molecule has 0 aliphatic rings. The monoisotopic (exact) mass is 299 g/mol. The quantitative estimate of drug-likeness (QED) is 0.851. The van der Waals surface area contributed by atoms with Crippen LogP contribution in [0.4, 0.5) is 5.69 Å². The van der Waals surface area contributed by atoms with E-state index in [1.54, 1.807) is 14.0 Å². The molecule has 0 spiro atoms. The summed E-state index contributed by atoms with van der Waals surface area (Å²) in [6.45, 7) is 3.73. The second-order valence-corrected chi connectivity index (χ2v) is 5.16. The lowest BCUT2D eigenvalue weighted by atomic mass is 9.97. The Morgan fingerprint density at radius 1 is 1.23 bits per heavy atom. The molecule has 0 saturated heterocycles. The average molecular weight is 299 g/mol. The minimum atomic E-state index is -0.868. The van der Waals surface area contributed by atoms with Crippen LogP contribution in [0, 0.1) is 0 Å². The Balaban J connectivity index is 2.25. The van der Waals surface area contributed by atoms with Crippen molar-refractivity contribution in [2.75, 3.05) is 12.4 Å². The Morgan fingerprint density at radius 2 is 1.91 bits per heavy atom. The minimum absolute atomic E-state index is 0.613. The number of ether oxygens (including phenoxy) is 1. The van der Waals surface area contributed by atoms with E-state index >= 15 is 0 Å². The van der Waals surface area contributed by atoms with Crippen LogP contribution in [-0.4, -0.2) is 24.2 Å². The van der Waals surface area contributed by atoms with E-state index in [4.69, 9.17) is 9.84 Å². The van der Waals surface area contributed by atoms with Crippen molar-refractivity contribution in [3.05, 3.63) is 48.0 Å². The van der Waals surface area contributed by atoms with E-state index in [0.29, 0.717) is 0 Å². The molecule has 0 aliphatic carbocycles. The molecule has 116 valence electrons. The normalized spacial score (nSPS) is 11.8. The summed E-state index contributed by atoms with van der Waals surface area (Å²) in [7, 11) is 1.67. The third kappa shape index (κ3) is 3.58. The van der Waals surface area contributed by atoms with Crippen LogP contribution < -0.4 is 10.1 Å². The number of aliphatic carboxylic acids is 1. The summed E-state index contributed by atoms with van der Waals surface area (Å²) >= 11 is 0. The molecule has 2 N–H and O–H groups in total. The molecule has 4 heteroatoms. The van der Waals surface area contributed by atoms with Gasteiger partial charge in [-0.25, -0.2) is 0 Å². The summed E-state index contributed by atoms with van der Waals surface area (Å²) < 4.78 is 5.27. The molecule has 0 aliphatic heterocycles. The van der Waals surface area contributed by atoms with Crippen molar-refractivity contribution < 1.29 is 14.6 Å². The highest BCUT2D eigenvalue weighted by Crippen LogP contribution is 2.28. The number of nitrogens with one attached hydrogen (secondary N) is 1. The van der Waals surface area contributed by atoms with Gasteiger partial charge in [-0.2, -0.15) is 0 Å². The maximum Gasteiger partial charge on any atom is 0.325 e. The van der Waals surface area contributed by atoms with Gasteiger partial charge in [-0.05, 0) is 54.3 Å². The van der Waals surface area contributed by atoms with Gasteiger partial charge in [-0.15, -0.1) is 0 Å². The van der Waals surface area contributed by atoms with Gasteiger partial charge in [0, 0.05) is 5.69 Å². The molecule has 0 radical (unpaired) electrons. The molecule has 1 unspecified atom stereocenters. The van der Waals surface area contributed by atoms with Gasteiger partial charge in [0.15, 0.2) is 0 Å². The largest absolute Gasteiger partial charge is 0.497 e. The van der Waals surface area contributed by atoms with Crippen LogP contribution in [0.1, 0.15) is 19.4 Å². The van der Waals surface area contributed by atoms with Crippen molar-refractivity contribution >= 4 is 11.7 Å². The zero-order valence-corrected chi connectivity index (χ0v) is 13.1. The standard InChI is InChI=1S/C18H21NO3/c1-4-13-11-16(22-3)9-10-17(13)14-5-7-15(8-6-14)19-12(2)18(20)21/h5-12,19H,4H2,1-3H3,(H,20,21). The van der Waals surface area contributed by atoms with Crippen LogP contribution in [0.3, 0.4) is 0 Å². The summed E-state index contributed by atoms with van der Waals surface area (Å²) in [6.07, 6.45) is 0.919. The summed E-state index contributed by atoms with van der Waals surface area (Å²) in [6, 6.07) is 13.2. The summed E-state index contributed by atoms with van der Waals surface area (Å²) in [4.78, 5) is 10.9. The Hall–Kier alpha value is -2.49. The van der Waals surface area contributed by atoms with Gasteiger partial charge in [0.25, 0.3) is 0 Å². The van der Waals surface area contributed by atoms with Gasteiger partial charge in [-0.1, -0.05) is 25.1 Å². The Kier molecular flexibility index (Phi) is 5.04. The predicted molar refractivity (Wildman–Crippen MR) is 88.5 cm³/mol. The van der Waals surface area contributed by atoms with Gasteiger partial charge >= 0.3 is 5.97 Å². The third-order valence-electron chi connectivity index (χ3n) is 3.64. The van der Waals surface area contributed by atoms with Gasteiger partial charge in [-0.3, -0.25) is 4.79 Å². The fraction of sp³-hybridized carbons (Fsp3) is 0.278. The number of hydrogen-bond acceptors (Lipinski definition) is 3. The highest BCUT2D eigenvalue weighted by molar-refractivity contribution is 5.77. The lowest BCUT2D eigenvalue weighted by Gasteiger charge is -2.13. The molecule has 0 amide bonds. The fourth-order valence-electron chi connectivity index (χ4n) is 2.33. The maximum atomic E-state index is 10.9. The van der Waals surface area contributed by atoms with E-state index < -0.39 is 12.0 Å². The molecule has 4 nitrogen and oxygen atoms in total. The van der Waals surface area contributed by atoms with Crippen LogP contribution >= 0.6 is 0 Å². The van der Waals surface area contributed by atoms with E-state index in [2.05, 4.69) is 18.3 Å². The van der Waals surface area contributed by atoms with E-state index in [9.17, 15) is 4.79 Å². The number of aryl methyl sites for hydroxylation is 1. The average Bonchev–Trinajstić information content (AvgIpc) is 2.54. The first-order chi connectivity index (χ1) is 10.5. The molecular weight excluding hydrogens is 278 g/mol. The number of methoxy groups -OCH3 is 1. The second kappa shape index (κ2) is 6.98. The molecule has 0 saturated carbocycles. The van der Waals surface area contributed by atoms with Crippen molar-refractivity contribution in [1.29, 1.82) is 0 Å². The zero-order chi connectivity index (χ0) is 16.1. The summed E-state index contributed by atoms with van der Waals surface area (Å²) in [5.74, 6) is -0.0123. The zero-order valence-electron chi connectivity index (χ0n) is 13.1. The number of carboxylic acids is 1. The number of carbonyl (C=O) groups is 1. The van der Waals surface area contributed by atoms with Crippen molar-refractivity contribution in [1.82, 2.24) is 0 Å². The highest BCUT2D eigenvalue weighted by atomic mass is 16.5. The SMILES string of the molecule is CCc1cc(OC)ccc1-c1ccc(NC(C)C(=O)O)cc1. The maximum absolute atomic E-state index is 10.9. The highest BCUT2D eigenvalue weighted by Gasteiger charge is 2.10. The summed E-state index contributed by atoms with van der Waals surface area (Å²) in [5.41, 5.74) is 4.29. The Bertz CT molecular complexity index is 650. The summed E-state index contributed by atoms with van der Waals surface area (Å²) in [5, 5.41) is 11.9. The van der Waals surface area contributed by atoms with Crippen LogP contribution in [0.2, 0.25) is 0 Å². The first-order valence-electron chi connectivity index (χ1n) is 7.31. The van der Waals surface area contributed by atoms with E-state index in [1.807, 2.05) is 36.4 Å². The first-order valence-corrected chi connectivity index (χ1v) is 7.31. The molecular formula is C18H21NO3. The van der Waals surface area contributed by atoms with Crippen molar-refractivity contribution in [2.24, 2.45) is 0 Å². The van der Waals surface area contributed by atoms with E-state index in [1.165, 1.54) is 11.1 Å². The van der Waals surface area contributed by atoms with Gasteiger partial charge in [0.1, 0.15) is 11.8 Å². The molecule has 2 aromatic rings. The molecule has 22 heavy (non-hydrogen) atoms. The van der Waals surface area contributed by atoms with E-state index in [0.717, 1.165) is 23.4 Å². The molecule has 0 heterocycles. The van der Waals surface area contributed by atoms with Crippen LogP contribution in [0.5, 0.6) is 5.75 Å². The number of carboxylic acid groups (broad SMARTS) is 1. The molecule has 0 fully saturated rings. The predicted octanol–water partition coefficient (Wildman–Crippen LogP) is 3.81. The lowest BCUT2D eigenvalue weighted by Crippen LogP contribution is -2.25. The minimum Gasteiger partial charge on any atom is -0.497 e. The number of benzene rings is 2. The van der Waals surface area contributed by atoms with Crippen LogP contribution in [0.25, 0.3) is 11.1 Å². The first kappa shape index (κ1) is 15.9. The number of rotatable bonds is 6. The third-order valence-corrected chi connectivity index (χ3v) is 3.64. The Labute approximate surface area is 130 Å². The van der Waals surface area contributed by atoms with Crippen LogP contribution in [-0.2, 0) is 11.2 Å². The molecule has 2 aromatic carbocycles. The second-order valence-electron chi connectivity index (χ2n) is 5.16. The van der Waals surface area contributed by atoms with Crippen LogP contribution in [0.15, 0.2) is 42.5 Å². The van der Waals surface area contributed by atoms with Gasteiger partial charge in [0.2, 0.25) is 0 Å². The van der Waals surface area contributed by atoms with E-state index in [-0.39, 0.29) is 0 Å². The Morgan fingerprint density at radius 3 is 2.45 bits per heavy atom. The van der Waals surface area contributed by atoms with Crippen molar-refractivity contribution in [3.63, 3.8) is 0 Å². The molecule has 2 rings (SSSR count). The topological polar surface area (TPSA) is 58.6 Å². The fourth-order valence-corrected chi connectivity index (χ4v) is 2.33. The van der Waals surface area contributed by atoms with Crippen molar-refractivity contribution in [2.45, 2.75) is 26.3 Å². The van der Waals surface area contributed by atoms with Gasteiger partial charge < -0.3 is 15.2 Å². The molecule has 0 bridgehead atoms. The van der Waals surface area contributed by atoms with Crippen molar-refractivity contribution in [3.8, 4) is 16.9 Å². The lowest BCUT2D eigenvalue weighted by molar-refractivity contribution is -0.137. The van der Waals surface area contributed by atoms with Gasteiger partial charge in [0.05, 0.1) is 7.11 Å². The number of anilines is 1.